The summed E-state index contributed by atoms with van der Waals surface area (Å²) >= 11 is 0. The Morgan fingerprint density at radius 3 is 2.32 bits per heavy atom. The van der Waals surface area contributed by atoms with Crippen molar-refractivity contribution in [1.29, 1.82) is 0 Å². The highest BCUT2D eigenvalue weighted by molar-refractivity contribution is 7.86. The minimum atomic E-state index is -3.52. The average molecular weight is 286 g/mol. The number of hydrogen-bond acceptors (Lipinski definition) is 5. The van der Waals surface area contributed by atoms with E-state index in [0.717, 1.165) is 18.2 Å². The largest absolute Gasteiger partial charge is 0.461 e. The maximum Gasteiger partial charge on any atom is 0.308 e. The lowest BCUT2D eigenvalue weighted by atomic mass is 10.1. The summed E-state index contributed by atoms with van der Waals surface area (Å²) in [6.45, 7) is 3.90. The van der Waals surface area contributed by atoms with E-state index < -0.39 is 10.1 Å². The van der Waals surface area contributed by atoms with Gasteiger partial charge in [-0.25, -0.2) is 0 Å². The second kappa shape index (κ2) is 6.56. The average Bonchev–Trinajstić information content (AvgIpc) is 2.34. The number of carbonyl (C=O) groups is 1. The first-order valence-electron chi connectivity index (χ1n) is 5.97. The van der Waals surface area contributed by atoms with Gasteiger partial charge in [-0.3, -0.25) is 4.79 Å². The summed E-state index contributed by atoms with van der Waals surface area (Å²) in [5.74, 6) is -0.119. The molecule has 0 N–H and O–H groups in total. The fourth-order valence-electron chi connectivity index (χ4n) is 1.28. The summed E-state index contributed by atoms with van der Waals surface area (Å²) in [5, 5.41) is 0. The van der Waals surface area contributed by atoms with Crippen LogP contribution in [0.3, 0.4) is 0 Å². The molecule has 1 aromatic rings. The number of ether oxygens (including phenoxy) is 1. The maximum absolute atomic E-state index is 11.5. The van der Waals surface area contributed by atoms with Crippen molar-refractivity contribution < 1.29 is 22.1 Å². The van der Waals surface area contributed by atoms with Crippen molar-refractivity contribution in [3.8, 4) is 5.75 Å². The summed E-state index contributed by atoms with van der Waals surface area (Å²) in [6, 6.07) is 6.36. The fourth-order valence-corrected chi connectivity index (χ4v) is 1.74. The SMILES string of the molecule is CCC(C)C(=O)OCc1ccc(OS(C)(=O)=O)cc1. The van der Waals surface area contributed by atoms with E-state index >= 15 is 0 Å². The lowest BCUT2D eigenvalue weighted by Crippen LogP contribution is -2.13. The van der Waals surface area contributed by atoms with Gasteiger partial charge >= 0.3 is 16.1 Å². The summed E-state index contributed by atoms with van der Waals surface area (Å²) in [7, 11) is -3.52. The van der Waals surface area contributed by atoms with E-state index in [2.05, 4.69) is 0 Å². The first-order valence-corrected chi connectivity index (χ1v) is 7.78. The molecule has 6 heteroatoms. The second-order valence-electron chi connectivity index (χ2n) is 4.35. The molecule has 0 saturated heterocycles. The summed E-state index contributed by atoms with van der Waals surface area (Å²) in [5.41, 5.74) is 0.775. The standard InChI is InChI=1S/C13H18O5S/c1-4-10(2)13(14)17-9-11-5-7-12(8-6-11)18-19(3,15)16/h5-8,10H,4,9H2,1-3H3. The van der Waals surface area contributed by atoms with Crippen LogP contribution >= 0.6 is 0 Å². The molecule has 0 bridgehead atoms. The third-order valence-corrected chi connectivity index (χ3v) is 3.06. The van der Waals surface area contributed by atoms with E-state index in [0.29, 0.717) is 0 Å². The van der Waals surface area contributed by atoms with Crippen LogP contribution in [0.15, 0.2) is 24.3 Å². The molecule has 0 amide bonds. The van der Waals surface area contributed by atoms with Gasteiger partial charge in [0.2, 0.25) is 0 Å². The van der Waals surface area contributed by atoms with Crippen LogP contribution in [0.2, 0.25) is 0 Å². The third kappa shape index (κ3) is 5.74. The Kier molecular flexibility index (Phi) is 5.35. The van der Waals surface area contributed by atoms with Gasteiger partial charge < -0.3 is 8.92 Å². The van der Waals surface area contributed by atoms with Crippen molar-refractivity contribution in [3.05, 3.63) is 29.8 Å². The van der Waals surface area contributed by atoms with Gasteiger partial charge in [0, 0.05) is 0 Å². The Morgan fingerprint density at radius 2 is 1.84 bits per heavy atom. The molecule has 0 heterocycles. The van der Waals surface area contributed by atoms with E-state index in [-0.39, 0.29) is 24.2 Å². The molecule has 0 saturated carbocycles. The van der Waals surface area contributed by atoms with Crippen LogP contribution in [0.1, 0.15) is 25.8 Å². The Bertz CT molecular complexity index is 518. The van der Waals surface area contributed by atoms with Crippen molar-refractivity contribution in [2.24, 2.45) is 5.92 Å². The molecule has 106 valence electrons. The highest BCUT2D eigenvalue weighted by Gasteiger charge is 2.12. The summed E-state index contributed by atoms with van der Waals surface area (Å²) < 4.78 is 31.7. The van der Waals surface area contributed by atoms with E-state index in [9.17, 15) is 13.2 Å². The monoisotopic (exact) mass is 286 g/mol. The Balaban J connectivity index is 2.56. The van der Waals surface area contributed by atoms with Crippen LogP contribution in [0.25, 0.3) is 0 Å². The normalized spacial score (nSPS) is 12.8. The molecule has 0 aliphatic carbocycles. The van der Waals surface area contributed by atoms with Gasteiger partial charge in [-0.1, -0.05) is 26.0 Å². The fraction of sp³-hybridized carbons (Fsp3) is 0.462. The molecule has 0 radical (unpaired) electrons. The molecule has 0 aliphatic rings. The zero-order valence-electron chi connectivity index (χ0n) is 11.3. The molecule has 0 aromatic heterocycles. The van der Waals surface area contributed by atoms with Gasteiger partial charge in [0.25, 0.3) is 0 Å². The Hall–Kier alpha value is -1.56. The zero-order chi connectivity index (χ0) is 14.5. The van der Waals surface area contributed by atoms with E-state index in [1.165, 1.54) is 12.1 Å². The number of benzene rings is 1. The molecule has 1 rings (SSSR count). The van der Waals surface area contributed by atoms with Crippen molar-refractivity contribution in [1.82, 2.24) is 0 Å². The summed E-state index contributed by atoms with van der Waals surface area (Å²) in [6.07, 6.45) is 1.72. The molecule has 0 fully saturated rings. The van der Waals surface area contributed by atoms with Crippen LogP contribution in [0, 0.1) is 5.92 Å². The molecular weight excluding hydrogens is 268 g/mol. The van der Waals surface area contributed by atoms with Crippen molar-refractivity contribution in [3.63, 3.8) is 0 Å². The molecule has 1 atom stereocenters. The van der Waals surface area contributed by atoms with E-state index in [1.807, 2.05) is 13.8 Å². The number of esters is 1. The Labute approximate surface area is 113 Å². The van der Waals surface area contributed by atoms with E-state index in [4.69, 9.17) is 8.92 Å². The predicted octanol–water partition coefficient (Wildman–Crippen LogP) is 2.11. The Morgan fingerprint density at radius 1 is 1.26 bits per heavy atom. The van der Waals surface area contributed by atoms with Gasteiger partial charge in [0.05, 0.1) is 12.2 Å². The van der Waals surface area contributed by atoms with Gasteiger partial charge in [-0.05, 0) is 24.1 Å². The first kappa shape index (κ1) is 15.5. The minimum absolute atomic E-state index is 0.118. The second-order valence-corrected chi connectivity index (χ2v) is 5.92. The lowest BCUT2D eigenvalue weighted by molar-refractivity contribution is -0.149. The van der Waals surface area contributed by atoms with E-state index in [1.54, 1.807) is 12.1 Å². The zero-order valence-corrected chi connectivity index (χ0v) is 12.1. The molecule has 1 unspecified atom stereocenters. The highest BCUT2D eigenvalue weighted by Crippen LogP contribution is 2.15. The van der Waals surface area contributed by atoms with Crippen LogP contribution in [-0.2, 0) is 26.3 Å². The molecule has 5 nitrogen and oxygen atoms in total. The predicted molar refractivity (Wildman–Crippen MR) is 71.2 cm³/mol. The molecule has 0 aliphatic heterocycles. The van der Waals surface area contributed by atoms with Gasteiger partial charge in [-0.15, -0.1) is 0 Å². The first-order chi connectivity index (χ1) is 8.81. The number of hydrogen-bond donors (Lipinski definition) is 0. The van der Waals surface area contributed by atoms with Crippen molar-refractivity contribution >= 4 is 16.1 Å². The van der Waals surface area contributed by atoms with Crippen molar-refractivity contribution in [2.75, 3.05) is 6.26 Å². The lowest BCUT2D eigenvalue weighted by Gasteiger charge is -2.09. The minimum Gasteiger partial charge on any atom is -0.461 e. The van der Waals surface area contributed by atoms with Gasteiger partial charge in [-0.2, -0.15) is 8.42 Å². The van der Waals surface area contributed by atoms with Crippen molar-refractivity contribution in [2.45, 2.75) is 26.9 Å². The van der Waals surface area contributed by atoms with Crippen LogP contribution < -0.4 is 4.18 Å². The van der Waals surface area contributed by atoms with Crippen LogP contribution in [0.5, 0.6) is 5.75 Å². The quantitative estimate of drug-likeness (QED) is 0.591. The van der Waals surface area contributed by atoms with Crippen LogP contribution in [0.4, 0.5) is 0 Å². The molecule has 19 heavy (non-hydrogen) atoms. The smallest absolute Gasteiger partial charge is 0.308 e. The topological polar surface area (TPSA) is 69.7 Å². The summed E-state index contributed by atoms with van der Waals surface area (Å²) in [4.78, 5) is 11.5. The molecular formula is C13H18O5S. The van der Waals surface area contributed by atoms with Crippen LogP contribution in [-0.4, -0.2) is 20.6 Å². The van der Waals surface area contributed by atoms with Gasteiger partial charge in [0.15, 0.2) is 0 Å². The number of rotatable bonds is 6. The maximum atomic E-state index is 11.5. The third-order valence-electron chi connectivity index (χ3n) is 2.57. The highest BCUT2D eigenvalue weighted by atomic mass is 32.2. The van der Waals surface area contributed by atoms with Gasteiger partial charge in [0.1, 0.15) is 12.4 Å². The molecule has 1 aromatic carbocycles. The molecule has 0 spiro atoms. The number of carbonyl (C=O) groups excluding carboxylic acids is 1.